The van der Waals surface area contributed by atoms with E-state index in [-0.39, 0.29) is 16.5 Å². The van der Waals surface area contributed by atoms with Crippen LogP contribution in [0.5, 0.6) is 0 Å². The number of rotatable bonds is 4. The number of hydrogen-bond donors (Lipinski definition) is 0. The fourth-order valence-electron chi connectivity index (χ4n) is 1.25. The first kappa shape index (κ1) is 12.2. The summed E-state index contributed by atoms with van der Waals surface area (Å²) in [4.78, 5) is 21.4. The average molecular weight is 265 g/mol. The molecule has 0 aliphatic heterocycles. The van der Waals surface area contributed by atoms with Gasteiger partial charge in [-0.25, -0.2) is 0 Å². The number of benzene rings is 1. The van der Waals surface area contributed by atoms with Crippen LogP contribution in [0.15, 0.2) is 32.7 Å². The normalized spacial score (nSPS) is 10.3. The van der Waals surface area contributed by atoms with E-state index in [0.29, 0.717) is 17.1 Å². The number of nitro benzene ring substituents is 1. The third-order valence-corrected chi connectivity index (χ3v) is 2.97. The smallest absolute Gasteiger partial charge is 0.281 e. The summed E-state index contributed by atoms with van der Waals surface area (Å²) >= 11 is 1.09. The highest BCUT2D eigenvalue weighted by atomic mass is 32.2. The number of aldehydes is 1. The molecule has 0 fully saturated rings. The van der Waals surface area contributed by atoms with E-state index < -0.39 is 4.92 Å². The van der Waals surface area contributed by atoms with Gasteiger partial charge >= 0.3 is 0 Å². The molecular weight excluding hydrogens is 258 g/mol. The zero-order valence-electron chi connectivity index (χ0n) is 9.19. The van der Waals surface area contributed by atoms with Crippen LogP contribution in [0.25, 0.3) is 0 Å². The maximum atomic E-state index is 10.9. The minimum atomic E-state index is -0.557. The largest absolute Gasteiger partial charge is 0.416 e. The molecule has 0 radical (unpaired) electrons. The molecule has 0 atom stereocenters. The van der Waals surface area contributed by atoms with Crippen LogP contribution in [0.1, 0.15) is 16.2 Å². The third-order valence-electron chi connectivity index (χ3n) is 2.04. The van der Waals surface area contributed by atoms with E-state index in [0.717, 1.165) is 11.8 Å². The van der Waals surface area contributed by atoms with Crippen LogP contribution < -0.4 is 0 Å². The molecule has 1 heterocycles. The molecule has 0 aliphatic rings. The number of carbonyl (C=O) groups excluding carboxylic acids is 1. The third kappa shape index (κ3) is 2.54. The van der Waals surface area contributed by atoms with E-state index in [1.807, 2.05) is 0 Å². The van der Waals surface area contributed by atoms with Crippen LogP contribution >= 0.6 is 11.8 Å². The van der Waals surface area contributed by atoms with Gasteiger partial charge in [-0.05, 0) is 17.8 Å². The van der Waals surface area contributed by atoms with Crippen molar-refractivity contribution in [3.63, 3.8) is 0 Å². The molecule has 0 bridgehead atoms. The van der Waals surface area contributed by atoms with Gasteiger partial charge in [-0.1, -0.05) is 0 Å². The van der Waals surface area contributed by atoms with Crippen LogP contribution in [0.4, 0.5) is 5.69 Å². The van der Waals surface area contributed by atoms with Gasteiger partial charge in [0.2, 0.25) is 5.89 Å². The van der Waals surface area contributed by atoms with E-state index >= 15 is 0 Å². The number of nitro groups is 1. The first-order valence-electron chi connectivity index (χ1n) is 4.81. The van der Waals surface area contributed by atoms with Crippen LogP contribution in [-0.4, -0.2) is 21.4 Å². The van der Waals surface area contributed by atoms with Gasteiger partial charge in [-0.2, -0.15) is 0 Å². The standard InChI is InChI=1S/C10H7N3O4S/c1-6-11-12-10(17-6)18-9-3-2-8(13(15)16)4-7(9)5-14/h2-5H,1H3. The van der Waals surface area contributed by atoms with E-state index in [4.69, 9.17) is 4.42 Å². The summed E-state index contributed by atoms with van der Waals surface area (Å²) in [7, 11) is 0. The average Bonchev–Trinajstić information content (AvgIpc) is 2.75. The summed E-state index contributed by atoms with van der Waals surface area (Å²) < 4.78 is 5.16. The number of aryl methyl sites for hydroxylation is 1. The lowest BCUT2D eigenvalue weighted by atomic mass is 10.2. The molecule has 92 valence electrons. The fraction of sp³-hybridized carbons (Fsp3) is 0.100. The van der Waals surface area contributed by atoms with Gasteiger partial charge in [-0.15, -0.1) is 10.2 Å². The first-order chi connectivity index (χ1) is 8.60. The monoisotopic (exact) mass is 265 g/mol. The Morgan fingerprint density at radius 3 is 2.78 bits per heavy atom. The number of hydrogen-bond acceptors (Lipinski definition) is 7. The predicted molar refractivity (Wildman–Crippen MR) is 61.6 cm³/mol. The molecule has 7 nitrogen and oxygen atoms in total. The second kappa shape index (κ2) is 4.96. The highest BCUT2D eigenvalue weighted by molar-refractivity contribution is 7.99. The lowest BCUT2D eigenvalue weighted by Gasteiger charge is -2.00. The molecule has 0 spiro atoms. The molecule has 0 aliphatic carbocycles. The van der Waals surface area contributed by atoms with Gasteiger partial charge in [0, 0.05) is 29.5 Å². The van der Waals surface area contributed by atoms with Gasteiger partial charge in [0.15, 0.2) is 6.29 Å². The van der Waals surface area contributed by atoms with Crippen molar-refractivity contribution >= 4 is 23.7 Å². The Morgan fingerprint density at radius 1 is 1.44 bits per heavy atom. The predicted octanol–water partition coefficient (Wildman–Crippen LogP) is 2.25. The first-order valence-corrected chi connectivity index (χ1v) is 5.63. The molecule has 0 amide bonds. The summed E-state index contributed by atoms with van der Waals surface area (Å²) in [5.41, 5.74) is 0.0770. The molecule has 2 rings (SSSR count). The maximum Gasteiger partial charge on any atom is 0.281 e. The van der Waals surface area contributed by atoms with Crippen molar-refractivity contribution in [3.05, 3.63) is 39.8 Å². The van der Waals surface area contributed by atoms with Gasteiger partial charge in [-0.3, -0.25) is 14.9 Å². The number of carbonyl (C=O) groups is 1. The van der Waals surface area contributed by atoms with Gasteiger partial charge in [0.1, 0.15) is 0 Å². The van der Waals surface area contributed by atoms with Crippen molar-refractivity contribution < 1.29 is 14.1 Å². The Bertz CT molecular complexity index is 611. The molecule has 0 N–H and O–H groups in total. The van der Waals surface area contributed by atoms with Crippen LogP contribution in [0.3, 0.4) is 0 Å². The lowest BCUT2D eigenvalue weighted by molar-refractivity contribution is -0.384. The van der Waals surface area contributed by atoms with E-state index in [2.05, 4.69) is 10.2 Å². The second-order valence-corrected chi connectivity index (χ2v) is 4.28. The van der Waals surface area contributed by atoms with Gasteiger partial charge in [0.05, 0.1) is 4.92 Å². The minimum Gasteiger partial charge on any atom is -0.416 e. The van der Waals surface area contributed by atoms with Gasteiger partial charge < -0.3 is 4.42 Å². The van der Waals surface area contributed by atoms with Crippen molar-refractivity contribution in [1.29, 1.82) is 0 Å². The van der Waals surface area contributed by atoms with E-state index in [1.165, 1.54) is 18.2 Å². The molecule has 2 aromatic rings. The number of non-ortho nitro benzene ring substituents is 1. The van der Waals surface area contributed by atoms with Gasteiger partial charge in [0.25, 0.3) is 10.9 Å². The quantitative estimate of drug-likeness (QED) is 0.474. The molecule has 0 unspecified atom stereocenters. The van der Waals surface area contributed by atoms with Crippen LogP contribution in [0.2, 0.25) is 0 Å². The Hall–Kier alpha value is -2.22. The fourth-order valence-corrected chi connectivity index (χ4v) is 2.04. The molecule has 1 aromatic heterocycles. The molecular formula is C10H7N3O4S. The zero-order chi connectivity index (χ0) is 13.1. The van der Waals surface area contributed by atoms with Crippen molar-refractivity contribution in [2.45, 2.75) is 17.0 Å². The summed E-state index contributed by atoms with van der Waals surface area (Å²) in [6, 6.07) is 4.00. The molecule has 0 saturated heterocycles. The van der Waals surface area contributed by atoms with Crippen molar-refractivity contribution in [3.8, 4) is 0 Å². The Morgan fingerprint density at radius 2 is 2.22 bits per heavy atom. The Kier molecular flexibility index (Phi) is 3.38. The summed E-state index contributed by atoms with van der Waals surface area (Å²) in [5.74, 6) is 0.409. The minimum absolute atomic E-state index is 0.136. The van der Waals surface area contributed by atoms with Crippen molar-refractivity contribution in [2.75, 3.05) is 0 Å². The van der Waals surface area contributed by atoms with E-state index in [1.54, 1.807) is 6.92 Å². The zero-order valence-corrected chi connectivity index (χ0v) is 10.0. The van der Waals surface area contributed by atoms with Crippen LogP contribution in [0, 0.1) is 17.0 Å². The van der Waals surface area contributed by atoms with E-state index in [9.17, 15) is 14.9 Å². The Balaban J connectivity index is 2.33. The highest BCUT2D eigenvalue weighted by Gasteiger charge is 2.13. The molecule has 8 heteroatoms. The lowest BCUT2D eigenvalue weighted by Crippen LogP contribution is -1.92. The summed E-state index contributed by atoms with van der Waals surface area (Å²) in [6.45, 7) is 1.65. The Labute approximate surface area is 105 Å². The second-order valence-electron chi connectivity index (χ2n) is 3.29. The molecule has 18 heavy (non-hydrogen) atoms. The number of nitrogens with zero attached hydrogens (tertiary/aromatic N) is 3. The summed E-state index contributed by atoms with van der Waals surface area (Å²) in [5, 5.41) is 18.3. The maximum absolute atomic E-state index is 10.9. The summed E-state index contributed by atoms with van der Waals surface area (Å²) in [6.07, 6.45) is 0.554. The van der Waals surface area contributed by atoms with Crippen molar-refractivity contribution in [2.24, 2.45) is 0 Å². The number of aromatic nitrogens is 2. The highest BCUT2D eigenvalue weighted by Crippen LogP contribution is 2.30. The van der Waals surface area contributed by atoms with Crippen molar-refractivity contribution in [1.82, 2.24) is 10.2 Å². The molecule has 1 aromatic carbocycles. The molecule has 0 saturated carbocycles. The van der Waals surface area contributed by atoms with Crippen LogP contribution in [-0.2, 0) is 0 Å². The SMILES string of the molecule is Cc1nnc(Sc2ccc([N+](=O)[O-])cc2C=O)o1. The topological polar surface area (TPSA) is 99.1 Å².